The van der Waals surface area contributed by atoms with Crippen molar-refractivity contribution in [3.63, 3.8) is 0 Å². The molecule has 3 N–H and O–H groups in total. The summed E-state index contributed by atoms with van der Waals surface area (Å²) in [7, 11) is 0. The second kappa shape index (κ2) is 10.9. The van der Waals surface area contributed by atoms with Gasteiger partial charge in [0.15, 0.2) is 5.69 Å². The lowest BCUT2D eigenvalue weighted by Crippen LogP contribution is -2.41. The van der Waals surface area contributed by atoms with Crippen LogP contribution in [0.1, 0.15) is 56.3 Å². The molecule has 0 radical (unpaired) electrons. The van der Waals surface area contributed by atoms with Gasteiger partial charge in [-0.15, -0.1) is 11.8 Å². The summed E-state index contributed by atoms with van der Waals surface area (Å²) in [6, 6.07) is 7.29. The number of nitrogen functional groups attached to an aromatic ring is 1. The Labute approximate surface area is 175 Å². The lowest BCUT2D eigenvalue weighted by atomic mass is 10.1. The third-order valence-corrected chi connectivity index (χ3v) is 5.58. The number of aromatic nitrogens is 2. The van der Waals surface area contributed by atoms with Crippen LogP contribution in [-0.4, -0.2) is 28.3 Å². The fraction of sp³-hybridized carbons (Fsp3) is 0.476. The number of nitrogens with two attached hydrogens (primary N) is 1. The van der Waals surface area contributed by atoms with Gasteiger partial charge in [0.2, 0.25) is 0 Å². The Bertz CT molecular complexity index is 952. The van der Waals surface area contributed by atoms with E-state index in [-0.39, 0.29) is 17.4 Å². The largest absolute Gasteiger partial charge is 0.383 e. The van der Waals surface area contributed by atoms with Gasteiger partial charge in [-0.3, -0.25) is 19.1 Å². The topological polar surface area (TPSA) is 101 Å². The van der Waals surface area contributed by atoms with Crippen molar-refractivity contribution in [1.82, 2.24) is 9.55 Å². The molecule has 0 spiro atoms. The highest BCUT2D eigenvalue weighted by molar-refractivity contribution is 7.98. The van der Waals surface area contributed by atoms with Crippen molar-refractivity contribution in [2.45, 2.75) is 57.4 Å². The Kier molecular flexibility index (Phi) is 8.57. The first-order valence-corrected chi connectivity index (χ1v) is 11.3. The molecule has 1 aromatic carbocycles. The molecule has 2 rings (SSSR count). The molecule has 7 nitrogen and oxygen atoms in total. The molecule has 8 heteroatoms. The van der Waals surface area contributed by atoms with E-state index in [1.807, 2.05) is 25.3 Å². The summed E-state index contributed by atoms with van der Waals surface area (Å²) < 4.78 is 1.35. The summed E-state index contributed by atoms with van der Waals surface area (Å²) in [4.78, 5) is 43.0. The highest BCUT2D eigenvalue weighted by Gasteiger charge is 2.26. The zero-order valence-corrected chi connectivity index (χ0v) is 18.2. The van der Waals surface area contributed by atoms with E-state index in [4.69, 9.17) is 5.73 Å². The molecule has 0 unspecified atom stereocenters. The smallest absolute Gasteiger partial charge is 0.330 e. The van der Waals surface area contributed by atoms with E-state index in [9.17, 15) is 14.4 Å². The van der Waals surface area contributed by atoms with E-state index < -0.39 is 11.2 Å². The summed E-state index contributed by atoms with van der Waals surface area (Å²) in [5.41, 5.74) is 5.65. The van der Waals surface area contributed by atoms with E-state index >= 15 is 0 Å². The first kappa shape index (κ1) is 22.8. The van der Waals surface area contributed by atoms with Gasteiger partial charge in [-0.05, 0) is 31.2 Å². The maximum atomic E-state index is 13.5. The number of nitrogens with zero attached hydrogens (tertiary/aromatic N) is 2. The SMILES string of the molecule is CCCCCN(C(=O)c1ccccc1SC)c1c(N)n(CCCC)c(=O)[nH]c1=O. The van der Waals surface area contributed by atoms with Crippen molar-refractivity contribution >= 4 is 29.2 Å². The molecule has 0 atom stereocenters. The van der Waals surface area contributed by atoms with E-state index in [1.54, 1.807) is 12.1 Å². The number of benzene rings is 1. The predicted octanol–water partition coefficient (Wildman–Crippen LogP) is 3.48. The second-order valence-electron chi connectivity index (χ2n) is 6.86. The standard InChI is InChI=1S/C21H30N4O3S/c1-4-6-10-14-24(20(27)15-11-8-9-12-16(15)29-3)17-18(22)25(13-7-5-2)21(28)23-19(17)26/h8-9,11-12H,4-7,10,13-14,22H2,1-3H3,(H,23,26,28). The molecule has 0 bridgehead atoms. The number of nitrogens with one attached hydrogen (secondary N) is 1. The molecule has 0 aliphatic rings. The Hall–Kier alpha value is -2.48. The minimum absolute atomic E-state index is 0.0404. The van der Waals surface area contributed by atoms with Gasteiger partial charge in [-0.1, -0.05) is 45.2 Å². The van der Waals surface area contributed by atoms with Gasteiger partial charge in [0, 0.05) is 18.0 Å². The van der Waals surface area contributed by atoms with E-state index in [0.29, 0.717) is 18.7 Å². The van der Waals surface area contributed by atoms with Crippen LogP contribution >= 0.6 is 11.8 Å². The van der Waals surface area contributed by atoms with Crippen molar-refractivity contribution in [2.24, 2.45) is 0 Å². The molecule has 2 aromatic rings. The number of carbonyl (C=O) groups is 1. The van der Waals surface area contributed by atoms with Crippen molar-refractivity contribution in [1.29, 1.82) is 0 Å². The number of anilines is 2. The average molecular weight is 419 g/mol. The van der Waals surface area contributed by atoms with Crippen LogP contribution in [0.2, 0.25) is 0 Å². The summed E-state index contributed by atoms with van der Waals surface area (Å²) in [5, 5.41) is 0. The number of H-pyrrole nitrogens is 1. The molecule has 0 fully saturated rings. The van der Waals surface area contributed by atoms with Crippen molar-refractivity contribution in [3.05, 3.63) is 50.7 Å². The van der Waals surface area contributed by atoms with Gasteiger partial charge < -0.3 is 10.6 Å². The lowest BCUT2D eigenvalue weighted by molar-refractivity contribution is 0.0983. The Morgan fingerprint density at radius 1 is 1.14 bits per heavy atom. The zero-order valence-electron chi connectivity index (χ0n) is 17.4. The third kappa shape index (κ3) is 5.32. The number of thioether (sulfide) groups is 1. The van der Waals surface area contributed by atoms with Crippen molar-refractivity contribution < 1.29 is 4.79 Å². The fourth-order valence-corrected chi connectivity index (χ4v) is 3.77. The summed E-state index contributed by atoms with van der Waals surface area (Å²) in [6.45, 7) is 4.83. The number of amides is 1. The number of carbonyl (C=O) groups excluding carboxylic acids is 1. The monoisotopic (exact) mass is 418 g/mol. The van der Waals surface area contributed by atoms with Gasteiger partial charge in [-0.25, -0.2) is 4.79 Å². The van der Waals surface area contributed by atoms with Gasteiger partial charge in [0.05, 0.1) is 5.56 Å². The van der Waals surface area contributed by atoms with Crippen LogP contribution in [0.5, 0.6) is 0 Å². The molecule has 0 saturated carbocycles. The Morgan fingerprint density at radius 3 is 2.48 bits per heavy atom. The van der Waals surface area contributed by atoms with Gasteiger partial charge >= 0.3 is 5.69 Å². The predicted molar refractivity (Wildman–Crippen MR) is 120 cm³/mol. The van der Waals surface area contributed by atoms with E-state index in [0.717, 1.165) is 37.0 Å². The lowest BCUT2D eigenvalue weighted by Gasteiger charge is -2.25. The average Bonchev–Trinajstić information content (AvgIpc) is 2.71. The summed E-state index contributed by atoms with van der Waals surface area (Å²) >= 11 is 1.47. The quantitative estimate of drug-likeness (QED) is 0.454. The maximum absolute atomic E-state index is 13.5. The molecular formula is C21H30N4O3S. The number of unbranched alkanes of at least 4 members (excludes halogenated alkanes) is 3. The van der Waals surface area contributed by atoms with Crippen LogP contribution in [0.25, 0.3) is 0 Å². The molecule has 1 amide bonds. The minimum Gasteiger partial charge on any atom is -0.383 e. The van der Waals surface area contributed by atoms with Gasteiger partial charge in [0.25, 0.3) is 11.5 Å². The highest BCUT2D eigenvalue weighted by Crippen LogP contribution is 2.25. The highest BCUT2D eigenvalue weighted by atomic mass is 32.2. The Morgan fingerprint density at radius 2 is 1.83 bits per heavy atom. The third-order valence-electron chi connectivity index (χ3n) is 4.79. The number of hydrogen-bond donors (Lipinski definition) is 2. The van der Waals surface area contributed by atoms with Gasteiger partial charge in [0.1, 0.15) is 5.82 Å². The number of hydrogen-bond acceptors (Lipinski definition) is 5. The van der Waals surface area contributed by atoms with Crippen LogP contribution in [0.4, 0.5) is 11.5 Å². The molecule has 1 heterocycles. The number of aromatic amines is 1. The second-order valence-corrected chi connectivity index (χ2v) is 7.71. The molecule has 29 heavy (non-hydrogen) atoms. The van der Waals surface area contributed by atoms with Crippen LogP contribution in [0, 0.1) is 0 Å². The molecule has 158 valence electrons. The molecule has 0 aliphatic carbocycles. The summed E-state index contributed by atoms with van der Waals surface area (Å²) in [6.07, 6.45) is 6.15. The normalized spacial score (nSPS) is 10.9. The molecule has 0 saturated heterocycles. The molecule has 0 aliphatic heterocycles. The van der Waals surface area contributed by atoms with E-state index in [1.165, 1.54) is 21.2 Å². The van der Waals surface area contributed by atoms with E-state index in [2.05, 4.69) is 11.9 Å². The maximum Gasteiger partial charge on any atom is 0.330 e. The molecule has 1 aromatic heterocycles. The van der Waals surface area contributed by atoms with Crippen molar-refractivity contribution in [3.8, 4) is 0 Å². The minimum atomic E-state index is -0.633. The number of rotatable bonds is 10. The zero-order chi connectivity index (χ0) is 21.4. The van der Waals surface area contributed by atoms with Crippen LogP contribution < -0.4 is 21.9 Å². The fourth-order valence-electron chi connectivity index (χ4n) is 3.18. The van der Waals surface area contributed by atoms with Gasteiger partial charge in [-0.2, -0.15) is 0 Å². The first-order chi connectivity index (χ1) is 14.0. The van der Waals surface area contributed by atoms with Crippen LogP contribution in [0.3, 0.4) is 0 Å². The summed E-state index contributed by atoms with van der Waals surface area (Å²) in [5.74, 6) is -0.248. The van der Waals surface area contributed by atoms with Crippen LogP contribution in [-0.2, 0) is 6.54 Å². The van der Waals surface area contributed by atoms with Crippen LogP contribution in [0.15, 0.2) is 38.8 Å². The first-order valence-electron chi connectivity index (χ1n) is 10.0. The van der Waals surface area contributed by atoms with Crippen molar-refractivity contribution in [2.75, 3.05) is 23.4 Å². The molecular weight excluding hydrogens is 388 g/mol. The Balaban J connectivity index is 2.59.